The van der Waals surface area contributed by atoms with Crippen LogP contribution in [0.15, 0.2) is 36.0 Å². The zero-order chi connectivity index (χ0) is 14.3. The first-order chi connectivity index (χ1) is 9.22. The number of allylic oxidation sites excluding steroid dienone is 5. The van der Waals surface area contributed by atoms with Gasteiger partial charge in [-0.25, -0.2) is 0 Å². The lowest BCUT2D eigenvalue weighted by Crippen LogP contribution is -1.79. The van der Waals surface area contributed by atoms with Crippen molar-refractivity contribution in [3.63, 3.8) is 0 Å². The van der Waals surface area contributed by atoms with E-state index in [0.717, 1.165) is 6.42 Å². The molecule has 19 heavy (non-hydrogen) atoms. The van der Waals surface area contributed by atoms with Crippen molar-refractivity contribution in [3.05, 3.63) is 36.0 Å². The van der Waals surface area contributed by atoms with Crippen LogP contribution in [-0.2, 0) is 0 Å². The van der Waals surface area contributed by atoms with Crippen LogP contribution in [-0.4, -0.2) is 0 Å². The number of hydrogen-bond acceptors (Lipinski definition) is 0. The van der Waals surface area contributed by atoms with Crippen molar-refractivity contribution in [1.82, 2.24) is 0 Å². The predicted molar refractivity (Wildman–Crippen MR) is 89.6 cm³/mol. The fourth-order valence-electron chi connectivity index (χ4n) is 2.16. The summed E-state index contributed by atoms with van der Waals surface area (Å²) in [5.41, 5.74) is 2.46. The molecule has 0 saturated heterocycles. The van der Waals surface area contributed by atoms with Crippen molar-refractivity contribution in [2.24, 2.45) is 0 Å². The van der Waals surface area contributed by atoms with Crippen LogP contribution in [0.5, 0.6) is 0 Å². The van der Waals surface area contributed by atoms with Crippen LogP contribution in [0.3, 0.4) is 0 Å². The molecule has 0 unspecified atom stereocenters. The molecule has 0 spiro atoms. The highest BCUT2D eigenvalue weighted by Crippen LogP contribution is 2.15. The van der Waals surface area contributed by atoms with Gasteiger partial charge in [-0.2, -0.15) is 0 Å². The highest BCUT2D eigenvalue weighted by atomic mass is 14.0. The molecule has 0 aromatic carbocycles. The monoisotopic (exact) mass is 262 g/mol. The Hall–Kier alpha value is -0.780. The van der Waals surface area contributed by atoms with E-state index in [1.165, 1.54) is 68.9 Å². The van der Waals surface area contributed by atoms with E-state index in [9.17, 15) is 0 Å². The second-order valence-electron chi connectivity index (χ2n) is 5.55. The van der Waals surface area contributed by atoms with Crippen molar-refractivity contribution < 1.29 is 0 Å². The van der Waals surface area contributed by atoms with Crippen LogP contribution in [0.25, 0.3) is 0 Å². The van der Waals surface area contributed by atoms with Crippen LogP contribution < -0.4 is 0 Å². The van der Waals surface area contributed by atoms with Crippen molar-refractivity contribution in [2.75, 3.05) is 0 Å². The van der Waals surface area contributed by atoms with Gasteiger partial charge in [0.25, 0.3) is 0 Å². The predicted octanol–water partition coefficient (Wildman–Crippen LogP) is 6.99. The molecular weight excluding hydrogens is 228 g/mol. The Labute approximate surface area is 121 Å². The molecule has 1 rings (SSSR count). The van der Waals surface area contributed by atoms with Crippen LogP contribution >= 0.6 is 0 Å². The van der Waals surface area contributed by atoms with E-state index in [1.807, 2.05) is 6.92 Å². The fourth-order valence-corrected chi connectivity index (χ4v) is 2.16. The van der Waals surface area contributed by atoms with Gasteiger partial charge in [0.1, 0.15) is 0 Å². The fraction of sp³-hybridized carbons (Fsp3) is 0.684. The van der Waals surface area contributed by atoms with Gasteiger partial charge in [-0.1, -0.05) is 102 Å². The standard InChI is InChI=1S/C11H24.C8H10/c1-3-5-7-9-11-10-8-6-4-2;1-7(2)8-5-3-4-6-8/h3-11H2,1-2H3;3,5-6H,1,4H2,2H3. The molecule has 1 aliphatic rings. The molecule has 0 saturated carbocycles. The third-order valence-corrected chi connectivity index (χ3v) is 3.47. The Balaban J connectivity index is 0.000000356. The summed E-state index contributed by atoms with van der Waals surface area (Å²) in [4.78, 5) is 0. The normalized spacial score (nSPS) is 12.9. The Morgan fingerprint density at radius 2 is 1.42 bits per heavy atom. The summed E-state index contributed by atoms with van der Waals surface area (Å²) < 4.78 is 0. The van der Waals surface area contributed by atoms with Gasteiger partial charge in [0.05, 0.1) is 0 Å². The molecule has 0 heteroatoms. The number of unbranched alkanes of at least 4 members (excludes halogenated alkanes) is 8. The van der Waals surface area contributed by atoms with E-state index in [1.54, 1.807) is 0 Å². The second kappa shape index (κ2) is 13.6. The Kier molecular flexibility index (Phi) is 13.1. The minimum Gasteiger partial charge on any atom is -0.0955 e. The maximum atomic E-state index is 3.82. The summed E-state index contributed by atoms with van der Waals surface area (Å²) in [6.07, 6.45) is 20.5. The average molecular weight is 262 g/mol. The topological polar surface area (TPSA) is 0 Å². The van der Waals surface area contributed by atoms with Crippen LogP contribution in [0.1, 0.15) is 85.0 Å². The van der Waals surface area contributed by atoms with Crippen LogP contribution in [0, 0.1) is 0 Å². The van der Waals surface area contributed by atoms with E-state index < -0.39 is 0 Å². The van der Waals surface area contributed by atoms with Gasteiger partial charge in [0.15, 0.2) is 0 Å². The molecule has 0 aromatic rings. The van der Waals surface area contributed by atoms with Gasteiger partial charge in [-0.3, -0.25) is 0 Å². The van der Waals surface area contributed by atoms with Crippen molar-refractivity contribution >= 4 is 0 Å². The summed E-state index contributed by atoms with van der Waals surface area (Å²) in [5.74, 6) is 0. The molecule has 0 fully saturated rings. The minimum atomic E-state index is 1.09. The molecule has 0 heterocycles. The molecular formula is C19H34. The van der Waals surface area contributed by atoms with Gasteiger partial charge in [-0.05, 0) is 18.9 Å². The van der Waals surface area contributed by atoms with Gasteiger partial charge >= 0.3 is 0 Å². The third kappa shape index (κ3) is 12.0. The van der Waals surface area contributed by atoms with Crippen molar-refractivity contribution in [2.45, 2.75) is 85.0 Å². The number of hydrogen-bond donors (Lipinski definition) is 0. The highest BCUT2D eigenvalue weighted by Gasteiger charge is 1.94. The second-order valence-corrected chi connectivity index (χ2v) is 5.55. The van der Waals surface area contributed by atoms with E-state index in [-0.39, 0.29) is 0 Å². The van der Waals surface area contributed by atoms with Gasteiger partial charge in [-0.15, -0.1) is 0 Å². The van der Waals surface area contributed by atoms with Gasteiger partial charge < -0.3 is 0 Å². The lowest BCUT2D eigenvalue weighted by molar-refractivity contribution is 0.572. The lowest BCUT2D eigenvalue weighted by Gasteiger charge is -1.98. The summed E-state index contributed by atoms with van der Waals surface area (Å²) in [6.45, 7) is 10.4. The SMILES string of the molecule is C=C(C)C1=CCC=C1.CCCCCCCCCCC. The van der Waals surface area contributed by atoms with Gasteiger partial charge in [0.2, 0.25) is 0 Å². The minimum absolute atomic E-state index is 1.09. The largest absolute Gasteiger partial charge is 0.0955 e. The van der Waals surface area contributed by atoms with E-state index in [2.05, 4.69) is 38.7 Å². The maximum absolute atomic E-state index is 3.82. The molecule has 0 N–H and O–H groups in total. The van der Waals surface area contributed by atoms with E-state index in [4.69, 9.17) is 0 Å². The molecule has 0 bridgehead atoms. The zero-order valence-corrected chi connectivity index (χ0v) is 13.5. The Morgan fingerprint density at radius 3 is 1.68 bits per heavy atom. The van der Waals surface area contributed by atoms with E-state index >= 15 is 0 Å². The first kappa shape index (κ1) is 18.2. The quantitative estimate of drug-likeness (QED) is 0.393. The van der Waals surface area contributed by atoms with Crippen molar-refractivity contribution in [1.29, 1.82) is 0 Å². The molecule has 110 valence electrons. The Morgan fingerprint density at radius 1 is 0.947 bits per heavy atom. The summed E-state index contributed by atoms with van der Waals surface area (Å²) in [6, 6.07) is 0. The molecule has 0 amide bonds. The molecule has 0 atom stereocenters. The van der Waals surface area contributed by atoms with Gasteiger partial charge in [0, 0.05) is 0 Å². The van der Waals surface area contributed by atoms with E-state index in [0.29, 0.717) is 0 Å². The summed E-state index contributed by atoms with van der Waals surface area (Å²) in [7, 11) is 0. The average Bonchev–Trinajstić information content (AvgIpc) is 2.93. The van der Waals surface area contributed by atoms with Crippen molar-refractivity contribution in [3.8, 4) is 0 Å². The molecule has 1 aliphatic carbocycles. The Bertz CT molecular complexity index is 260. The smallest absolute Gasteiger partial charge is 0.0157 e. The molecule has 0 aliphatic heterocycles. The van der Waals surface area contributed by atoms with Crippen LogP contribution in [0.4, 0.5) is 0 Å². The third-order valence-electron chi connectivity index (χ3n) is 3.47. The zero-order valence-electron chi connectivity index (χ0n) is 13.5. The first-order valence-corrected chi connectivity index (χ1v) is 8.24. The summed E-state index contributed by atoms with van der Waals surface area (Å²) in [5, 5.41) is 0. The molecule has 0 nitrogen and oxygen atoms in total. The molecule has 0 radical (unpaired) electrons. The molecule has 0 aromatic heterocycles. The lowest BCUT2D eigenvalue weighted by atomic mass is 10.1. The number of rotatable bonds is 9. The highest BCUT2D eigenvalue weighted by molar-refractivity contribution is 5.40. The maximum Gasteiger partial charge on any atom is -0.0157 e. The summed E-state index contributed by atoms with van der Waals surface area (Å²) >= 11 is 0. The van der Waals surface area contributed by atoms with Crippen LogP contribution in [0.2, 0.25) is 0 Å². The first-order valence-electron chi connectivity index (χ1n) is 8.24.